The molecule has 0 amide bonds. The van der Waals surface area contributed by atoms with E-state index in [0.717, 1.165) is 92.2 Å². The number of hydrogen-bond donors (Lipinski definition) is 0. The number of fused-ring (bicyclic) bond motifs is 3. The molecule has 0 bridgehead atoms. The van der Waals surface area contributed by atoms with Crippen LogP contribution in [0.25, 0.3) is 28.0 Å². The van der Waals surface area contributed by atoms with Gasteiger partial charge in [0.05, 0.1) is 11.4 Å². The van der Waals surface area contributed by atoms with Gasteiger partial charge in [-0.15, -0.1) is 0 Å². The van der Waals surface area contributed by atoms with E-state index in [9.17, 15) is 0 Å². The summed E-state index contributed by atoms with van der Waals surface area (Å²) in [6.45, 7) is 0. The summed E-state index contributed by atoms with van der Waals surface area (Å²) >= 11 is 26.2. The fourth-order valence-corrected chi connectivity index (χ4v) is 11.4. The van der Waals surface area contributed by atoms with Crippen molar-refractivity contribution in [3.8, 4) is 22.3 Å². The molecule has 0 fully saturated rings. The van der Waals surface area contributed by atoms with Gasteiger partial charge in [-0.1, -0.05) is 186 Å². The molecule has 0 N–H and O–H groups in total. The molecule has 2 nitrogen and oxygen atoms in total. The molecule has 6 aromatic rings. The summed E-state index contributed by atoms with van der Waals surface area (Å²) in [5, 5.41) is 3.02. The van der Waals surface area contributed by atoms with Crippen LogP contribution < -0.4 is 9.80 Å². The maximum Gasteiger partial charge on any atom is 0.0781 e. The average molecular weight is 963 g/mol. The predicted molar refractivity (Wildman–Crippen MR) is 290 cm³/mol. The van der Waals surface area contributed by atoms with E-state index in [1.165, 1.54) is 22.3 Å². The molecule has 6 aromatic carbocycles. The Hall–Kier alpha value is -6.26. The smallest absolute Gasteiger partial charge is 0.0781 e. The van der Waals surface area contributed by atoms with Crippen molar-refractivity contribution >= 4 is 69.2 Å². The van der Waals surface area contributed by atoms with Crippen molar-refractivity contribution in [2.24, 2.45) is 11.8 Å². The Morgan fingerprint density at radius 2 is 1.09 bits per heavy atom. The lowest BCUT2D eigenvalue weighted by Gasteiger charge is -2.43. The van der Waals surface area contributed by atoms with E-state index >= 15 is 0 Å². The van der Waals surface area contributed by atoms with Gasteiger partial charge >= 0.3 is 0 Å². The van der Waals surface area contributed by atoms with Crippen molar-refractivity contribution in [3.05, 3.63) is 272 Å². The molecule has 334 valence electrons. The van der Waals surface area contributed by atoms with Crippen LogP contribution in [0.3, 0.4) is 0 Å². The summed E-state index contributed by atoms with van der Waals surface area (Å²) in [6.07, 6.45) is 30.5. The van der Waals surface area contributed by atoms with Gasteiger partial charge in [0.25, 0.3) is 0 Å². The molecule has 3 unspecified atom stereocenters. The molecule has 0 spiro atoms. The number of benzene rings is 6. The molecule has 11 rings (SSSR count). The molecular formula is C62H48Cl4N2. The highest BCUT2D eigenvalue weighted by Crippen LogP contribution is 2.53. The Morgan fingerprint density at radius 3 is 1.71 bits per heavy atom. The number of allylic oxidation sites excluding steroid dienone is 15. The highest BCUT2D eigenvalue weighted by molar-refractivity contribution is 6.32. The van der Waals surface area contributed by atoms with Crippen LogP contribution in [-0.4, -0.2) is 0 Å². The van der Waals surface area contributed by atoms with E-state index in [2.05, 4.69) is 180 Å². The van der Waals surface area contributed by atoms with Crippen molar-refractivity contribution < 1.29 is 0 Å². The minimum absolute atomic E-state index is 0.150. The van der Waals surface area contributed by atoms with E-state index in [4.69, 9.17) is 46.4 Å². The highest BCUT2D eigenvalue weighted by Gasteiger charge is 2.39. The summed E-state index contributed by atoms with van der Waals surface area (Å²) in [7, 11) is 0. The largest absolute Gasteiger partial charge is 0.308 e. The third-order valence-electron chi connectivity index (χ3n) is 13.8. The summed E-state index contributed by atoms with van der Waals surface area (Å²) in [5.74, 6) is 1.03. The molecule has 0 aromatic heterocycles. The molecule has 0 heterocycles. The summed E-state index contributed by atoms with van der Waals surface area (Å²) in [4.78, 5) is 4.99. The second-order valence-electron chi connectivity index (χ2n) is 18.0. The fourth-order valence-electron chi connectivity index (χ4n) is 10.5. The second-order valence-corrected chi connectivity index (χ2v) is 19.8. The van der Waals surface area contributed by atoms with Gasteiger partial charge in [0, 0.05) is 60.3 Å². The summed E-state index contributed by atoms with van der Waals surface area (Å²) in [6, 6.07) is 52.1. The van der Waals surface area contributed by atoms with Crippen LogP contribution in [0.1, 0.15) is 54.2 Å². The van der Waals surface area contributed by atoms with Crippen molar-refractivity contribution in [2.45, 2.75) is 37.5 Å². The lowest BCUT2D eigenvalue weighted by molar-refractivity contribution is 0.475. The minimum atomic E-state index is 0.150. The van der Waals surface area contributed by atoms with Crippen molar-refractivity contribution in [2.75, 3.05) is 9.80 Å². The van der Waals surface area contributed by atoms with E-state index in [-0.39, 0.29) is 11.8 Å². The van der Waals surface area contributed by atoms with Crippen LogP contribution in [0.15, 0.2) is 246 Å². The van der Waals surface area contributed by atoms with Gasteiger partial charge in [0.1, 0.15) is 0 Å². The third kappa shape index (κ3) is 8.95. The van der Waals surface area contributed by atoms with Crippen LogP contribution in [0.5, 0.6) is 0 Å². The Bertz CT molecular complexity index is 3090. The lowest BCUT2D eigenvalue weighted by atomic mass is 9.75. The van der Waals surface area contributed by atoms with Crippen LogP contribution in [0.2, 0.25) is 10.0 Å². The zero-order chi connectivity index (χ0) is 46.1. The van der Waals surface area contributed by atoms with Crippen LogP contribution in [0, 0.1) is 11.8 Å². The van der Waals surface area contributed by atoms with E-state index in [1.807, 2.05) is 48.6 Å². The summed E-state index contributed by atoms with van der Waals surface area (Å²) < 4.78 is 0. The summed E-state index contributed by atoms with van der Waals surface area (Å²) in [5.41, 5.74) is 15.9. The lowest BCUT2D eigenvalue weighted by Crippen LogP contribution is -2.34. The monoisotopic (exact) mass is 960 g/mol. The van der Waals surface area contributed by atoms with Crippen LogP contribution in [-0.2, 0) is 0 Å². The van der Waals surface area contributed by atoms with E-state index in [1.54, 1.807) is 0 Å². The third-order valence-corrected chi connectivity index (χ3v) is 14.8. The van der Waals surface area contributed by atoms with E-state index in [0.29, 0.717) is 21.9 Å². The van der Waals surface area contributed by atoms with Crippen molar-refractivity contribution in [3.63, 3.8) is 0 Å². The van der Waals surface area contributed by atoms with Crippen molar-refractivity contribution in [1.29, 1.82) is 0 Å². The normalized spacial score (nSPS) is 20.5. The molecule has 0 radical (unpaired) electrons. The zero-order valence-corrected chi connectivity index (χ0v) is 40.4. The Morgan fingerprint density at radius 1 is 0.471 bits per heavy atom. The van der Waals surface area contributed by atoms with Gasteiger partial charge in [-0.2, -0.15) is 0 Å². The molecule has 0 saturated carbocycles. The molecule has 4 atom stereocenters. The van der Waals surface area contributed by atoms with Gasteiger partial charge in [-0.3, -0.25) is 0 Å². The maximum atomic E-state index is 6.59. The molecule has 5 aliphatic rings. The fraction of sp³-hybridized carbons (Fsp3) is 0.129. The number of anilines is 3. The average Bonchev–Trinajstić information content (AvgIpc) is 3.38. The number of nitrogens with zero attached hydrogens (tertiary/aromatic N) is 2. The van der Waals surface area contributed by atoms with Gasteiger partial charge in [0.15, 0.2) is 0 Å². The predicted octanol–water partition coefficient (Wildman–Crippen LogP) is 18.6. The standard InChI is InChI=1S/C62H48Cl4N2/c63-49-13-5-9-45(37-49)41-21-29-53(30-22-41)67(54-31-23-42(24-32-54)46-10-6-14-50(64)38-46)61-59-19-3-1-17-57(59)58-18-2-4-20-60(58)62(61)68(55-33-25-43(26-34-55)47-11-7-15-51(65)39-47)56-35-27-44(28-36-56)48-12-8-16-52(66)40-48/h1-10,13-17,19-27,29-40,44,47-48,58H,11-12,18,28H2/t44-,47?,48?,58?/m0/s1. The highest BCUT2D eigenvalue weighted by atomic mass is 35.5. The van der Waals surface area contributed by atoms with Gasteiger partial charge in [-0.05, 0) is 155 Å². The second kappa shape index (κ2) is 19.4. The first-order valence-corrected chi connectivity index (χ1v) is 24.9. The first-order valence-electron chi connectivity index (χ1n) is 23.4. The van der Waals surface area contributed by atoms with Crippen LogP contribution >= 0.6 is 46.4 Å². The quantitative estimate of drug-likeness (QED) is 0.135. The maximum absolute atomic E-state index is 6.59. The Balaban J connectivity index is 1.14. The molecule has 0 aliphatic heterocycles. The Kier molecular flexibility index (Phi) is 12.6. The van der Waals surface area contributed by atoms with Gasteiger partial charge in [0.2, 0.25) is 0 Å². The molecule has 0 saturated heterocycles. The molecule has 5 aliphatic carbocycles. The minimum Gasteiger partial charge on any atom is -0.308 e. The topological polar surface area (TPSA) is 6.48 Å². The first kappa shape index (κ1) is 44.3. The van der Waals surface area contributed by atoms with E-state index < -0.39 is 0 Å². The van der Waals surface area contributed by atoms with Gasteiger partial charge in [-0.25, -0.2) is 0 Å². The molecular weight excluding hydrogens is 915 g/mol. The zero-order valence-electron chi connectivity index (χ0n) is 37.3. The Labute approximate surface area is 420 Å². The first-order chi connectivity index (χ1) is 33.3. The van der Waals surface area contributed by atoms with Crippen molar-refractivity contribution in [1.82, 2.24) is 0 Å². The van der Waals surface area contributed by atoms with Crippen LogP contribution in [0.4, 0.5) is 17.1 Å². The number of hydrogen-bond acceptors (Lipinski definition) is 2. The number of rotatable bonds is 10. The molecule has 68 heavy (non-hydrogen) atoms. The van der Waals surface area contributed by atoms with Gasteiger partial charge < -0.3 is 9.80 Å². The number of halogens is 4. The SMILES string of the molecule is ClC1=CC(c2ccc(N(C3=CC[C@@H](C4C=C(Cl)C=CC4)C=C3)C3=C(N(c4ccc(-c5cccc(Cl)c5)cc4)c4ccc(-c5cccc(Cl)c5)cc4)c4ccccc4C4CC=CC=C34)cc2)CC=C1. The molecule has 6 heteroatoms.